The number of rotatable bonds is 7. The average Bonchev–Trinajstić information content (AvgIpc) is 2.30. The average molecular weight is 289 g/mol. The van der Waals surface area contributed by atoms with E-state index in [1.807, 2.05) is 19.0 Å². The van der Waals surface area contributed by atoms with Gasteiger partial charge in [-0.25, -0.2) is 4.39 Å². The van der Waals surface area contributed by atoms with Crippen LogP contribution in [0.15, 0.2) is 18.2 Å². The Labute approximate surface area is 117 Å². The molecule has 0 aliphatic carbocycles. The Hall–Kier alpha value is -1.17. The molecule has 0 amide bonds. The second kappa shape index (κ2) is 7.43. The molecular weight excluding hydrogens is 271 g/mol. The molecule has 2 N–H and O–H groups in total. The van der Waals surface area contributed by atoms with Gasteiger partial charge < -0.3 is 15.3 Å². The van der Waals surface area contributed by atoms with Crippen molar-refractivity contribution < 1.29 is 14.3 Å². The van der Waals surface area contributed by atoms with Gasteiger partial charge >= 0.3 is 5.97 Å². The van der Waals surface area contributed by atoms with Crippen LogP contribution in [-0.2, 0) is 4.79 Å². The van der Waals surface area contributed by atoms with Crippen LogP contribution in [0.3, 0.4) is 0 Å². The van der Waals surface area contributed by atoms with Crippen molar-refractivity contribution in [1.29, 1.82) is 0 Å². The van der Waals surface area contributed by atoms with Gasteiger partial charge in [-0.05, 0) is 45.7 Å². The Bertz CT molecular complexity index is 420. The van der Waals surface area contributed by atoms with Gasteiger partial charge in [0, 0.05) is 10.6 Å². The van der Waals surface area contributed by atoms with Gasteiger partial charge in [0.25, 0.3) is 0 Å². The van der Waals surface area contributed by atoms with E-state index < -0.39 is 17.8 Å². The third-order valence-electron chi connectivity index (χ3n) is 2.67. The van der Waals surface area contributed by atoms with Gasteiger partial charge in [-0.2, -0.15) is 0 Å². The van der Waals surface area contributed by atoms with E-state index in [0.29, 0.717) is 6.54 Å². The first-order chi connectivity index (χ1) is 8.93. The van der Waals surface area contributed by atoms with E-state index in [-0.39, 0.29) is 10.6 Å². The lowest BCUT2D eigenvalue weighted by molar-refractivity contribution is -0.139. The van der Waals surface area contributed by atoms with Gasteiger partial charge in [0.15, 0.2) is 0 Å². The van der Waals surface area contributed by atoms with E-state index in [0.717, 1.165) is 13.0 Å². The molecular formula is C13H18ClFN2O2. The summed E-state index contributed by atoms with van der Waals surface area (Å²) in [6, 6.07) is 3.01. The molecule has 6 heteroatoms. The van der Waals surface area contributed by atoms with Crippen molar-refractivity contribution in [2.75, 3.05) is 27.2 Å². The van der Waals surface area contributed by atoms with E-state index in [1.165, 1.54) is 18.2 Å². The van der Waals surface area contributed by atoms with Crippen molar-refractivity contribution in [3.05, 3.63) is 34.6 Å². The molecule has 0 heterocycles. The smallest absolute Gasteiger partial charge is 0.325 e. The molecule has 0 aromatic heterocycles. The number of nitrogens with zero attached hydrogens (tertiary/aromatic N) is 1. The van der Waals surface area contributed by atoms with Crippen LogP contribution in [0.1, 0.15) is 18.0 Å². The number of carboxylic acid groups (broad SMARTS) is 1. The molecule has 4 nitrogen and oxygen atoms in total. The van der Waals surface area contributed by atoms with E-state index in [9.17, 15) is 14.3 Å². The molecule has 106 valence electrons. The zero-order chi connectivity index (χ0) is 14.4. The van der Waals surface area contributed by atoms with Gasteiger partial charge in [0.1, 0.15) is 11.9 Å². The van der Waals surface area contributed by atoms with Gasteiger partial charge in [0.2, 0.25) is 0 Å². The lowest BCUT2D eigenvalue weighted by atomic mass is 10.1. The number of aliphatic carboxylic acids is 1. The van der Waals surface area contributed by atoms with Crippen LogP contribution in [0.2, 0.25) is 5.02 Å². The Morgan fingerprint density at radius 2 is 2.21 bits per heavy atom. The number of benzene rings is 1. The highest BCUT2D eigenvalue weighted by atomic mass is 35.5. The maximum atomic E-state index is 13.7. The molecule has 1 aromatic carbocycles. The molecule has 19 heavy (non-hydrogen) atoms. The van der Waals surface area contributed by atoms with Gasteiger partial charge in [-0.3, -0.25) is 4.79 Å². The van der Waals surface area contributed by atoms with Crippen LogP contribution in [0.5, 0.6) is 0 Å². The SMILES string of the molecule is CN(C)CCCNC(C(=O)O)c1c(F)cccc1Cl. The summed E-state index contributed by atoms with van der Waals surface area (Å²) in [7, 11) is 3.87. The van der Waals surface area contributed by atoms with Crippen molar-refractivity contribution in [2.45, 2.75) is 12.5 Å². The Morgan fingerprint density at radius 1 is 1.53 bits per heavy atom. The number of nitrogens with one attached hydrogen (secondary N) is 1. The molecule has 0 aliphatic heterocycles. The van der Waals surface area contributed by atoms with Crippen LogP contribution in [0.4, 0.5) is 4.39 Å². The molecule has 1 unspecified atom stereocenters. The van der Waals surface area contributed by atoms with Gasteiger partial charge in [-0.15, -0.1) is 0 Å². The molecule has 0 fully saturated rings. The maximum absolute atomic E-state index is 13.7. The number of hydrogen-bond donors (Lipinski definition) is 2. The molecule has 0 saturated heterocycles. The normalized spacial score (nSPS) is 12.7. The number of carboxylic acids is 1. The summed E-state index contributed by atoms with van der Waals surface area (Å²) in [5, 5.41) is 12.1. The third-order valence-corrected chi connectivity index (χ3v) is 3.00. The minimum absolute atomic E-state index is 0.0125. The largest absolute Gasteiger partial charge is 0.480 e. The predicted molar refractivity (Wildman–Crippen MR) is 73.0 cm³/mol. The first-order valence-electron chi connectivity index (χ1n) is 5.98. The van der Waals surface area contributed by atoms with Crippen molar-refractivity contribution in [1.82, 2.24) is 10.2 Å². The summed E-state index contributed by atoms with van der Waals surface area (Å²) in [5.74, 6) is -1.75. The fourth-order valence-electron chi connectivity index (χ4n) is 1.74. The Balaban J connectivity index is 2.75. The molecule has 1 rings (SSSR count). The Kier molecular flexibility index (Phi) is 6.21. The monoisotopic (exact) mass is 288 g/mol. The molecule has 1 aromatic rings. The summed E-state index contributed by atoms with van der Waals surface area (Å²) in [6.45, 7) is 1.30. The second-order valence-electron chi connectivity index (χ2n) is 4.52. The molecule has 0 spiro atoms. The fraction of sp³-hybridized carbons (Fsp3) is 0.462. The van der Waals surface area contributed by atoms with E-state index in [4.69, 9.17) is 11.6 Å². The van der Waals surface area contributed by atoms with Gasteiger partial charge in [-0.1, -0.05) is 17.7 Å². The minimum Gasteiger partial charge on any atom is -0.480 e. The van der Waals surface area contributed by atoms with Crippen LogP contribution in [0, 0.1) is 5.82 Å². The van der Waals surface area contributed by atoms with Gasteiger partial charge in [0.05, 0.1) is 0 Å². The zero-order valence-electron chi connectivity index (χ0n) is 11.0. The topological polar surface area (TPSA) is 52.6 Å². The maximum Gasteiger partial charge on any atom is 0.325 e. The van der Waals surface area contributed by atoms with E-state index in [2.05, 4.69) is 5.32 Å². The lowest BCUT2D eigenvalue weighted by Gasteiger charge is -2.17. The lowest BCUT2D eigenvalue weighted by Crippen LogP contribution is -2.31. The second-order valence-corrected chi connectivity index (χ2v) is 4.92. The first kappa shape index (κ1) is 15.9. The standard InChI is InChI=1S/C13H18ClFN2O2/c1-17(2)8-4-7-16-12(13(18)19)11-9(14)5-3-6-10(11)15/h3,5-6,12,16H,4,7-8H2,1-2H3,(H,18,19). The zero-order valence-corrected chi connectivity index (χ0v) is 11.7. The quantitative estimate of drug-likeness (QED) is 0.755. The molecule has 0 radical (unpaired) electrons. The summed E-state index contributed by atoms with van der Waals surface area (Å²) in [5.41, 5.74) is -0.0125. The summed E-state index contributed by atoms with van der Waals surface area (Å²) < 4.78 is 13.7. The van der Waals surface area contributed by atoms with Crippen LogP contribution >= 0.6 is 11.6 Å². The van der Waals surface area contributed by atoms with E-state index in [1.54, 1.807) is 0 Å². The third kappa shape index (κ3) is 4.78. The summed E-state index contributed by atoms with van der Waals surface area (Å²) >= 11 is 5.88. The predicted octanol–water partition coefficient (Wildman–Crippen LogP) is 2.15. The van der Waals surface area contributed by atoms with Crippen LogP contribution in [0.25, 0.3) is 0 Å². The van der Waals surface area contributed by atoms with Crippen LogP contribution < -0.4 is 5.32 Å². The molecule has 0 saturated carbocycles. The van der Waals surface area contributed by atoms with Crippen molar-refractivity contribution in [2.24, 2.45) is 0 Å². The summed E-state index contributed by atoms with van der Waals surface area (Å²) in [4.78, 5) is 13.2. The fourth-order valence-corrected chi connectivity index (χ4v) is 2.01. The highest BCUT2D eigenvalue weighted by Crippen LogP contribution is 2.26. The molecule has 0 bridgehead atoms. The van der Waals surface area contributed by atoms with E-state index >= 15 is 0 Å². The van der Waals surface area contributed by atoms with Crippen molar-refractivity contribution in [3.63, 3.8) is 0 Å². The molecule has 0 aliphatic rings. The van der Waals surface area contributed by atoms with Crippen LogP contribution in [-0.4, -0.2) is 43.2 Å². The molecule has 1 atom stereocenters. The Morgan fingerprint density at radius 3 is 2.74 bits per heavy atom. The van der Waals surface area contributed by atoms with Crippen molar-refractivity contribution in [3.8, 4) is 0 Å². The number of carbonyl (C=O) groups is 1. The summed E-state index contributed by atoms with van der Waals surface area (Å²) in [6.07, 6.45) is 0.767. The first-order valence-corrected chi connectivity index (χ1v) is 6.36. The van der Waals surface area contributed by atoms with Crippen molar-refractivity contribution >= 4 is 17.6 Å². The number of hydrogen-bond acceptors (Lipinski definition) is 3. The number of halogens is 2. The highest BCUT2D eigenvalue weighted by Gasteiger charge is 2.24. The highest BCUT2D eigenvalue weighted by molar-refractivity contribution is 6.31. The minimum atomic E-state index is -1.14.